The molecule has 106 valence electrons. The Morgan fingerprint density at radius 3 is 2.60 bits per heavy atom. The number of hydrogen-bond donors (Lipinski definition) is 1. The number of nitrogens with two attached hydrogens (primary N) is 1. The Bertz CT molecular complexity index is 613. The molecule has 2 N–H and O–H groups in total. The second kappa shape index (κ2) is 6.51. The summed E-state index contributed by atoms with van der Waals surface area (Å²) in [4.78, 5) is 0. The van der Waals surface area contributed by atoms with E-state index in [-0.39, 0.29) is 0 Å². The van der Waals surface area contributed by atoms with Crippen molar-refractivity contribution in [3.63, 3.8) is 0 Å². The van der Waals surface area contributed by atoms with Crippen LogP contribution in [0.3, 0.4) is 0 Å². The second-order valence-corrected chi connectivity index (χ2v) is 6.30. The summed E-state index contributed by atoms with van der Waals surface area (Å²) in [5.74, 6) is 1.28. The van der Waals surface area contributed by atoms with Crippen molar-refractivity contribution in [3.05, 3.63) is 57.0 Å². The first-order chi connectivity index (χ1) is 9.47. The van der Waals surface area contributed by atoms with Crippen molar-refractivity contribution in [2.75, 3.05) is 5.73 Å². The molecule has 0 fully saturated rings. The molecular formula is C16H17BrClNO. The summed E-state index contributed by atoms with van der Waals surface area (Å²) in [5.41, 5.74) is 8.44. The zero-order chi connectivity index (χ0) is 14.7. The maximum absolute atomic E-state index is 6.16. The van der Waals surface area contributed by atoms with Gasteiger partial charge in [-0.1, -0.05) is 47.4 Å². The van der Waals surface area contributed by atoms with E-state index in [9.17, 15) is 0 Å². The number of halogens is 2. The van der Waals surface area contributed by atoms with E-state index in [0.717, 1.165) is 15.8 Å². The minimum atomic E-state index is 0.393. The Morgan fingerprint density at radius 2 is 1.95 bits per heavy atom. The lowest BCUT2D eigenvalue weighted by atomic mass is 10.0. The van der Waals surface area contributed by atoms with Crippen LogP contribution in [0.2, 0.25) is 5.02 Å². The largest absolute Gasteiger partial charge is 0.489 e. The number of rotatable bonds is 4. The molecule has 2 rings (SSSR count). The van der Waals surface area contributed by atoms with Crippen LogP contribution in [-0.2, 0) is 6.61 Å². The van der Waals surface area contributed by atoms with E-state index >= 15 is 0 Å². The van der Waals surface area contributed by atoms with E-state index in [0.29, 0.717) is 23.2 Å². The third kappa shape index (κ3) is 3.68. The average molecular weight is 355 g/mol. The van der Waals surface area contributed by atoms with E-state index in [1.54, 1.807) is 6.07 Å². The lowest BCUT2D eigenvalue weighted by Gasteiger charge is -2.15. The Kier molecular flexibility index (Phi) is 4.95. The first kappa shape index (κ1) is 15.2. The summed E-state index contributed by atoms with van der Waals surface area (Å²) in [5, 5.41) is 0.633. The third-order valence-corrected chi connectivity index (χ3v) is 3.90. The Morgan fingerprint density at radius 1 is 1.20 bits per heavy atom. The van der Waals surface area contributed by atoms with Crippen molar-refractivity contribution >= 4 is 33.2 Å². The fourth-order valence-corrected chi connectivity index (χ4v) is 2.56. The molecule has 0 radical (unpaired) electrons. The van der Waals surface area contributed by atoms with Gasteiger partial charge in [0.2, 0.25) is 0 Å². The molecule has 2 nitrogen and oxygen atoms in total. The topological polar surface area (TPSA) is 35.2 Å². The highest BCUT2D eigenvalue weighted by Gasteiger charge is 2.09. The smallest absolute Gasteiger partial charge is 0.123 e. The van der Waals surface area contributed by atoms with E-state index < -0.39 is 0 Å². The quantitative estimate of drug-likeness (QED) is 0.747. The normalized spacial score (nSPS) is 10.8. The molecule has 0 aliphatic rings. The standard InChI is InChI=1S/C16H17BrClNO/c1-10(2)14-7-12(17)4-6-16(14)20-9-11-3-5-13(19)8-15(11)18/h3-8,10H,9,19H2,1-2H3. The van der Waals surface area contributed by atoms with Gasteiger partial charge in [-0.15, -0.1) is 0 Å². The first-order valence-corrected chi connectivity index (χ1v) is 7.60. The van der Waals surface area contributed by atoms with Gasteiger partial charge in [0.15, 0.2) is 0 Å². The molecule has 2 aromatic carbocycles. The lowest BCUT2D eigenvalue weighted by molar-refractivity contribution is 0.302. The Balaban J connectivity index is 2.18. The van der Waals surface area contributed by atoms with Gasteiger partial charge in [0.05, 0.1) is 0 Å². The molecule has 0 atom stereocenters. The van der Waals surface area contributed by atoms with Crippen LogP contribution < -0.4 is 10.5 Å². The number of anilines is 1. The van der Waals surface area contributed by atoms with Gasteiger partial charge in [-0.05, 0) is 41.8 Å². The molecular weight excluding hydrogens is 338 g/mol. The molecule has 4 heteroatoms. The van der Waals surface area contributed by atoms with Crippen LogP contribution >= 0.6 is 27.5 Å². The molecule has 0 saturated carbocycles. The molecule has 2 aromatic rings. The van der Waals surface area contributed by atoms with Crippen LogP contribution in [-0.4, -0.2) is 0 Å². The summed E-state index contributed by atoms with van der Waals surface area (Å²) in [7, 11) is 0. The van der Waals surface area contributed by atoms with Crippen molar-refractivity contribution in [2.45, 2.75) is 26.4 Å². The Labute approximate surface area is 133 Å². The van der Waals surface area contributed by atoms with Gasteiger partial charge < -0.3 is 10.5 Å². The highest BCUT2D eigenvalue weighted by atomic mass is 79.9. The van der Waals surface area contributed by atoms with Crippen molar-refractivity contribution in [2.24, 2.45) is 0 Å². The van der Waals surface area contributed by atoms with Crippen molar-refractivity contribution < 1.29 is 4.74 Å². The summed E-state index contributed by atoms with van der Waals surface area (Å²) in [6.45, 7) is 4.72. The van der Waals surface area contributed by atoms with Crippen LogP contribution in [0.5, 0.6) is 5.75 Å². The van der Waals surface area contributed by atoms with Gasteiger partial charge in [0.25, 0.3) is 0 Å². The highest BCUT2D eigenvalue weighted by Crippen LogP contribution is 2.30. The zero-order valence-electron chi connectivity index (χ0n) is 11.5. The maximum Gasteiger partial charge on any atom is 0.123 e. The zero-order valence-corrected chi connectivity index (χ0v) is 13.8. The summed E-state index contributed by atoms with van der Waals surface area (Å²) in [6.07, 6.45) is 0. The molecule has 0 bridgehead atoms. The molecule has 0 saturated heterocycles. The van der Waals surface area contributed by atoms with Gasteiger partial charge >= 0.3 is 0 Å². The van der Waals surface area contributed by atoms with Crippen molar-refractivity contribution in [1.29, 1.82) is 0 Å². The molecule has 0 spiro atoms. The van der Waals surface area contributed by atoms with Crippen molar-refractivity contribution in [1.82, 2.24) is 0 Å². The first-order valence-electron chi connectivity index (χ1n) is 6.43. The second-order valence-electron chi connectivity index (χ2n) is 4.98. The number of ether oxygens (including phenoxy) is 1. The SMILES string of the molecule is CC(C)c1cc(Br)ccc1OCc1ccc(N)cc1Cl. The predicted molar refractivity (Wildman–Crippen MR) is 88.4 cm³/mol. The minimum Gasteiger partial charge on any atom is -0.489 e. The number of hydrogen-bond acceptors (Lipinski definition) is 2. The van der Waals surface area contributed by atoms with Gasteiger partial charge in [-0.25, -0.2) is 0 Å². The molecule has 0 aliphatic heterocycles. The number of nitrogen functional groups attached to an aromatic ring is 1. The molecule has 0 unspecified atom stereocenters. The monoisotopic (exact) mass is 353 g/mol. The van der Waals surface area contributed by atoms with E-state index in [2.05, 4.69) is 35.8 Å². The predicted octanol–water partition coefficient (Wildman–Crippen LogP) is 5.39. The fourth-order valence-electron chi connectivity index (χ4n) is 1.94. The molecule has 0 heterocycles. The lowest BCUT2D eigenvalue weighted by Crippen LogP contribution is -2.01. The van der Waals surface area contributed by atoms with Crippen LogP contribution in [0.15, 0.2) is 40.9 Å². The minimum absolute atomic E-state index is 0.393. The van der Waals surface area contributed by atoms with E-state index in [1.165, 1.54) is 5.56 Å². The van der Waals surface area contributed by atoms with Gasteiger partial charge in [0.1, 0.15) is 12.4 Å². The summed E-state index contributed by atoms with van der Waals surface area (Å²) in [6, 6.07) is 11.5. The summed E-state index contributed by atoms with van der Waals surface area (Å²) < 4.78 is 6.97. The van der Waals surface area contributed by atoms with E-state index in [4.69, 9.17) is 22.1 Å². The maximum atomic E-state index is 6.16. The van der Waals surface area contributed by atoms with Gasteiger partial charge in [-0.2, -0.15) is 0 Å². The van der Waals surface area contributed by atoms with Crippen LogP contribution in [0.1, 0.15) is 30.9 Å². The van der Waals surface area contributed by atoms with Crippen LogP contribution in [0, 0.1) is 0 Å². The molecule has 0 amide bonds. The molecule has 20 heavy (non-hydrogen) atoms. The van der Waals surface area contributed by atoms with Gasteiger partial charge in [0, 0.05) is 20.7 Å². The number of benzene rings is 2. The van der Waals surface area contributed by atoms with Crippen LogP contribution in [0.4, 0.5) is 5.69 Å². The van der Waals surface area contributed by atoms with Crippen LogP contribution in [0.25, 0.3) is 0 Å². The molecule has 0 aromatic heterocycles. The summed E-state index contributed by atoms with van der Waals surface area (Å²) >= 11 is 9.65. The fraction of sp³-hybridized carbons (Fsp3) is 0.250. The Hall–Kier alpha value is -1.19. The highest BCUT2D eigenvalue weighted by molar-refractivity contribution is 9.10. The average Bonchev–Trinajstić information content (AvgIpc) is 2.38. The molecule has 0 aliphatic carbocycles. The van der Waals surface area contributed by atoms with Gasteiger partial charge in [-0.3, -0.25) is 0 Å². The third-order valence-electron chi connectivity index (χ3n) is 3.05. The van der Waals surface area contributed by atoms with Crippen molar-refractivity contribution in [3.8, 4) is 5.75 Å². The van der Waals surface area contributed by atoms with E-state index in [1.807, 2.05) is 24.3 Å².